The predicted octanol–water partition coefficient (Wildman–Crippen LogP) is 5.19. The molecular formula is C32H27N7O. The van der Waals surface area contributed by atoms with Gasteiger partial charge in [0, 0.05) is 42.2 Å². The SMILES string of the molecule is Cc1nn(C)cc1C#Cc1cccc2cc(C(C)NC(=O)c3c(C)nn4cccnc34)c(-c3ccccc3)nc12. The Morgan fingerprint density at radius 3 is 2.52 bits per heavy atom. The van der Waals surface area contributed by atoms with Crippen LogP contribution >= 0.6 is 0 Å². The topological polar surface area (TPSA) is 90.0 Å². The lowest BCUT2D eigenvalue weighted by molar-refractivity contribution is 0.0941. The number of carbonyl (C=O) groups is 1. The molecule has 2 aromatic carbocycles. The number of benzene rings is 2. The fraction of sp³-hybridized carbons (Fsp3) is 0.156. The number of fused-ring (bicyclic) bond motifs is 2. The van der Waals surface area contributed by atoms with Crippen molar-refractivity contribution in [2.45, 2.75) is 26.8 Å². The van der Waals surface area contributed by atoms with Gasteiger partial charge in [0.1, 0.15) is 5.56 Å². The molecule has 1 N–H and O–H groups in total. The summed E-state index contributed by atoms with van der Waals surface area (Å²) in [5.41, 5.74) is 7.67. The lowest BCUT2D eigenvalue weighted by Gasteiger charge is -2.19. The maximum Gasteiger partial charge on any atom is 0.257 e. The summed E-state index contributed by atoms with van der Waals surface area (Å²) in [4.78, 5) is 23.0. The Hall–Kier alpha value is -5.29. The predicted molar refractivity (Wildman–Crippen MR) is 155 cm³/mol. The van der Waals surface area contributed by atoms with Crippen LogP contribution in [0.15, 0.2) is 79.3 Å². The van der Waals surface area contributed by atoms with Crippen LogP contribution in [0.25, 0.3) is 27.8 Å². The molecule has 8 heteroatoms. The minimum Gasteiger partial charge on any atom is -0.345 e. The van der Waals surface area contributed by atoms with E-state index in [1.165, 1.54) is 0 Å². The Balaban J connectivity index is 1.43. The zero-order valence-electron chi connectivity index (χ0n) is 22.7. The van der Waals surface area contributed by atoms with Crippen molar-refractivity contribution in [3.8, 4) is 23.1 Å². The summed E-state index contributed by atoms with van der Waals surface area (Å²) in [5, 5.41) is 12.9. The number of carbonyl (C=O) groups excluding carboxylic acids is 1. The molecule has 0 fully saturated rings. The molecule has 0 radical (unpaired) electrons. The number of para-hydroxylation sites is 1. The molecule has 8 nitrogen and oxygen atoms in total. The Morgan fingerprint density at radius 2 is 1.75 bits per heavy atom. The molecule has 1 unspecified atom stereocenters. The number of nitrogens with zero attached hydrogens (tertiary/aromatic N) is 6. The third-order valence-electron chi connectivity index (χ3n) is 6.88. The summed E-state index contributed by atoms with van der Waals surface area (Å²) in [7, 11) is 1.89. The molecule has 0 spiro atoms. The summed E-state index contributed by atoms with van der Waals surface area (Å²) < 4.78 is 3.39. The maximum atomic E-state index is 13.5. The zero-order valence-corrected chi connectivity index (χ0v) is 22.7. The molecular weight excluding hydrogens is 498 g/mol. The van der Waals surface area contributed by atoms with Crippen LogP contribution in [0.1, 0.15) is 51.4 Å². The molecule has 0 bridgehead atoms. The molecule has 0 aliphatic carbocycles. The molecule has 40 heavy (non-hydrogen) atoms. The van der Waals surface area contributed by atoms with Crippen LogP contribution in [-0.2, 0) is 7.05 Å². The second-order valence-corrected chi connectivity index (χ2v) is 9.76. The highest BCUT2D eigenvalue weighted by molar-refractivity contribution is 6.01. The number of aryl methyl sites for hydroxylation is 3. The van der Waals surface area contributed by atoms with Gasteiger partial charge in [-0.05, 0) is 39.0 Å². The molecule has 196 valence electrons. The van der Waals surface area contributed by atoms with Crippen LogP contribution in [0.2, 0.25) is 0 Å². The summed E-state index contributed by atoms with van der Waals surface area (Å²) >= 11 is 0. The second kappa shape index (κ2) is 10.1. The largest absolute Gasteiger partial charge is 0.345 e. The Morgan fingerprint density at radius 1 is 0.950 bits per heavy atom. The molecule has 0 saturated heterocycles. The molecule has 4 heterocycles. The number of aromatic nitrogens is 6. The van der Waals surface area contributed by atoms with E-state index in [0.717, 1.165) is 44.5 Å². The summed E-state index contributed by atoms with van der Waals surface area (Å²) in [6.45, 7) is 5.73. The van der Waals surface area contributed by atoms with Crippen molar-refractivity contribution < 1.29 is 4.79 Å². The van der Waals surface area contributed by atoms with E-state index in [4.69, 9.17) is 4.98 Å². The van der Waals surface area contributed by atoms with Gasteiger partial charge in [-0.15, -0.1) is 0 Å². The average Bonchev–Trinajstić information content (AvgIpc) is 3.47. The fourth-order valence-electron chi connectivity index (χ4n) is 4.94. The highest BCUT2D eigenvalue weighted by Crippen LogP contribution is 2.31. The number of amides is 1. The average molecular weight is 526 g/mol. The van der Waals surface area contributed by atoms with Crippen LogP contribution in [0.4, 0.5) is 0 Å². The van der Waals surface area contributed by atoms with Gasteiger partial charge in [0.15, 0.2) is 5.65 Å². The minimum absolute atomic E-state index is 0.232. The highest BCUT2D eigenvalue weighted by Gasteiger charge is 2.23. The molecule has 6 aromatic rings. The lowest BCUT2D eigenvalue weighted by atomic mass is 9.97. The van der Waals surface area contributed by atoms with Gasteiger partial charge in [-0.3, -0.25) is 9.48 Å². The Bertz CT molecular complexity index is 1960. The van der Waals surface area contributed by atoms with Gasteiger partial charge in [-0.2, -0.15) is 10.2 Å². The van der Waals surface area contributed by atoms with Gasteiger partial charge < -0.3 is 5.32 Å². The standard InChI is InChI=1S/C32H27N7O/c1-20-26(19-38(4)36-20)15-14-24-12-8-13-25-18-27(30(35-29(24)25)23-10-6-5-7-11-23)21(2)34-32(40)28-22(3)37-39-17-9-16-33-31(28)39/h5-13,16-19,21H,1-4H3,(H,34,40). The lowest BCUT2D eigenvalue weighted by Crippen LogP contribution is -2.27. The number of pyridine rings is 1. The van der Waals surface area contributed by atoms with Crippen LogP contribution in [-0.4, -0.2) is 35.3 Å². The van der Waals surface area contributed by atoms with Crippen LogP contribution in [0.5, 0.6) is 0 Å². The van der Waals surface area contributed by atoms with Gasteiger partial charge >= 0.3 is 0 Å². The van der Waals surface area contributed by atoms with E-state index in [9.17, 15) is 4.79 Å². The molecule has 0 aliphatic rings. The van der Waals surface area contributed by atoms with Crippen molar-refractivity contribution in [1.29, 1.82) is 0 Å². The fourth-order valence-corrected chi connectivity index (χ4v) is 4.94. The highest BCUT2D eigenvalue weighted by atomic mass is 16.1. The first-order chi connectivity index (χ1) is 19.4. The first-order valence-electron chi connectivity index (χ1n) is 13.0. The monoisotopic (exact) mass is 525 g/mol. The van der Waals surface area contributed by atoms with Crippen LogP contribution in [0, 0.1) is 25.7 Å². The smallest absolute Gasteiger partial charge is 0.257 e. The van der Waals surface area contributed by atoms with E-state index in [1.54, 1.807) is 27.7 Å². The number of nitrogens with one attached hydrogen (secondary N) is 1. The summed E-state index contributed by atoms with van der Waals surface area (Å²) in [6.07, 6.45) is 5.36. The molecule has 1 atom stereocenters. The number of hydrogen-bond acceptors (Lipinski definition) is 5. The Kier molecular flexibility index (Phi) is 6.33. The normalized spacial score (nSPS) is 11.8. The van der Waals surface area contributed by atoms with Crippen molar-refractivity contribution in [2.24, 2.45) is 7.05 Å². The molecule has 6 rings (SSSR count). The first kappa shape index (κ1) is 25.0. The van der Waals surface area contributed by atoms with E-state index in [2.05, 4.69) is 38.4 Å². The summed E-state index contributed by atoms with van der Waals surface area (Å²) in [6, 6.07) is 19.5. The third kappa shape index (κ3) is 4.58. The summed E-state index contributed by atoms with van der Waals surface area (Å²) in [5.74, 6) is 6.33. The van der Waals surface area contributed by atoms with E-state index in [0.29, 0.717) is 16.9 Å². The van der Waals surface area contributed by atoms with Gasteiger partial charge in [-0.1, -0.05) is 54.3 Å². The van der Waals surface area contributed by atoms with E-state index in [1.807, 2.05) is 82.5 Å². The quantitative estimate of drug-likeness (QED) is 0.320. The van der Waals surface area contributed by atoms with Gasteiger partial charge in [0.2, 0.25) is 0 Å². The third-order valence-corrected chi connectivity index (χ3v) is 6.88. The van der Waals surface area contributed by atoms with Gasteiger partial charge in [0.05, 0.1) is 39.8 Å². The van der Waals surface area contributed by atoms with Gasteiger partial charge in [0.25, 0.3) is 5.91 Å². The molecule has 1 amide bonds. The number of hydrogen-bond donors (Lipinski definition) is 1. The van der Waals surface area contributed by atoms with E-state index in [-0.39, 0.29) is 11.9 Å². The number of rotatable bonds is 4. The van der Waals surface area contributed by atoms with E-state index >= 15 is 0 Å². The van der Waals surface area contributed by atoms with Crippen molar-refractivity contribution in [2.75, 3.05) is 0 Å². The van der Waals surface area contributed by atoms with Crippen molar-refractivity contribution in [1.82, 2.24) is 34.7 Å². The maximum absolute atomic E-state index is 13.5. The first-order valence-corrected chi connectivity index (χ1v) is 13.0. The van der Waals surface area contributed by atoms with Crippen molar-refractivity contribution >= 4 is 22.5 Å². The van der Waals surface area contributed by atoms with Gasteiger partial charge in [-0.25, -0.2) is 14.5 Å². The van der Waals surface area contributed by atoms with E-state index < -0.39 is 0 Å². The molecule has 0 saturated carbocycles. The van der Waals surface area contributed by atoms with Crippen molar-refractivity contribution in [3.05, 3.63) is 113 Å². The minimum atomic E-state index is -0.342. The zero-order chi connectivity index (χ0) is 27.8. The molecule has 4 aromatic heterocycles. The Labute approximate surface area is 231 Å². The van der Waals surface area contributed by atoms with Crippen LogP contribution < -0.4 is 5.32 Å². The molecule has 0 aliphatic heterocycles. The van der Waals surface area contributed by atoms with Crippen LogP contribution in [0.3, 0.4) is 0 Å². The second-order valence-electron chi connectivity index (χ2n) is 9.76. The van der Waals surface area contributed by atoms with Crippen molar-refractivity contribution in [3.63, 3.8) is 0 Å².